The third kappa shape index (κ3) is 5.05. The van der Waals surface area contributed by atoms with E-state index in [1.165, 1.54) is 6.08 Å². The predicted octanol–water partition coefficient (Wildman–Crippen LogP) is 3.65. The van der Waals surface area contributed by atoms with Crippen LogP contribution in [-0.4, -0.2) is 41.0 Å². The molecule has 0 bridgehead atoms. The van der Waals surface area contributed by atoms with Crippen LogP contribution in [0.15, 0.2) is 46.6 Å². The number of nitrogens with one attached hydrogen (secondary N) is 2. The van der Waals surface area contributed by atoms with Crippen LogP contribution in [-0.2, 0) is 16.0 Å². The minimum Gasteiger partial charge on any atom is -0.503 e. The Hall–Kier alpha value is -3.33. The number of hydrogen-bond donors (Lipinski definition) is 3. The largest absolute Gasteiger partial charge is 0.503 e. The van der Waals surface area contributed by atoms with Crippen LogP contribution in [0.25, 0.3) is 6.08 Å². The van der Waals surface area contributed by atoms with Crippen LogP contribution in [0.1, 0.15) is 25.0 Å². The van der Waals surface area contributed by atoms with E-state index < -0.39 is 24.4 Å². The van der Waals surface area contributed by atoms with Crippen molar-refractivity contribution in [1.29, 1.82) is 0 Å². The van der Waals surface area contributed by atoms with Crippen LogP contribution in [0, 0.1) is 0 Å². The molecule has 1 saturated heterocycles. The monoisotopic (exact) mass is 487 g/mol. The molecule has 9 heteroatoms. The van der Waals surface area contributed by atoms with Gasteiger partial charge in [0.25, 0.3) is 5.91 Å². The first-order chi connectivity index (χ1) is 14.8. The van der Waals surface area contributed by atoms with E-state index in [4.69, 9.17) is 4.74 Å². The zero-order chi connectivity index (χ0) is 22.5. The van der Waals surface area contributed by atoms with Gasteiger partial charge in [-0.05, 0) is 64.7 Å². The Bertz CT molecular complexity index is 1070. The molecule has 1 heterocycles. The average Bonchev–Trinajstić information content (AvgIpc) is 2.99. The molecule has 1 aliphatic heterocycles. The first-order valence-electron chi connectivity index (χ1n) is 9.71. The van der Waals surface area contributed by atoms with Gasteiger partial charge >= 0.3 is 6.03 Å². The second-order valence-electron chi connectivity index (χ2n) is 6.72. The van der Waals surface area contributed by atoms with E-state index in [0.29, 0.717) is 22.3 Å². The molecule has 3 N–H and O–H groups in total. The van der Waals surface area contributed by atoms with E-state index in [1.807, 2.05) is 19.1 Å². The Balaban J connectivity index is 1.76. The highest BCUT2D eigenvalue weighted by Crippen LogP contribution is 2.36. The fraction of sp³-hybridized carbons (Fsp3) is 0.227. The van der Waals surface area contributed by atoms with Gasteiger partial charge in [0.15, 0.2) is 11.5 Å². The number of imide groups is 1. The average molecular weight is 488 g/mol. The number of rotatable bonds is 7. The van der Waals surface area contributed by atoms with Crippen molar-refractivity contribution in [1.82, 2.24) is 10.2 Å². The molecular formula is C22H22BrN3O5. The maximum absolute atomic E-state index is 12.7. The number of halogens is 1. The number of para-hydroxylation sites is 1. The van der Waals surface area contributed by atoms with Gasteiger partial charge in [-0.3, -0.25) is 9.59 Å². The standard InChI is InChI=1S/C22H22BrN3O5/c1-3-14-7-5-6-8-16(14)24-19(27)12-26-21(29)17(25-22(26)30)10-13-9-15(23)20(28)18(11-13)31-4-2/h5-11,28H,3-4,12H2,1-2H3,(H,24,27)(H,25,30)/b17-10+. The topological polar surface area (TPSA) is 108 Å². The van der Waals surface area contributed by atoms with Gasteiger partial charge in [0.2, 0.25) is 5.91 Å². The molecule has 8 nitrogen and oxygen atoms in total. The molecule has 1 aliphatic rings. The highest BCUT2D eigenvalue weighted by molar-refractivity contribution is 9.10. The lowest BCUT2D eigenvalue weighted by atomic mass is 10.1. The summed E-state index contributed by atoms with van der Waals surface area (Å²) in [5.74, 6) is -0.912. The number of carbonyl (C=O) groups is 3. The first-order valence-corrected chi connectivity index (χ1v) is 10.5. The molecule has 162 valence electrons. The molecular weight excluding hydrogens is 466 g/mol. The van der Waals surface area contributed by atoms with Crippen molar-refractivity contribution in [3.8, 4) is 11.5 Å². The van der Waals surface area contributed by atoms with Gasteiger partial charge in [0.05, 0.1) is 11.1 Å². The van der Waals surface area contributed by atoms with E-state index in [2.05, 4.69) is 26.6 Å². The Morgan fingerprint density at radius 2 is 2.00 bits per heavy atom. The van der Waals surface area contributed by atoms with Crippen LogP contribution in [0.2, 0.25) is 0 Å². The van der Waals surface area contributed by atoms with E-state index in [1.54, 1.807) is 31.2 Å². The summed E-state index contributed by atoms with van der Waals surface area (Å²) >= 11 is 3.24. The summed E-state index contributed by atoms with van der Waals surface area (Å²) < 4.78 is 5.76. The number of aromatic hydroxyl groups is 1. The Labute approximate surface area is 188 Å². The number of phenolic OH excluding ortho intramolecular Hbond substituents is 1. The Morgan fingerprint density at radius 1 is 1.26 bits per heavy atom. The van der Waals surface area contributed by atoms with Crippen molar-refractivity contribution in [2.75, 3.05) is 18.5 Å². The molecule has 2 aromatic carbocycles. The maximum atomic E-state index is 12.7. The van der Waals surface area contributed by atoms with Gasteiger partial charge < -0.3 is 20.5 Å². The van der Waals surface area contributed by atoms with Crippen LogP contribution in [0.5, 0.6) is 11.5 Å². The van der Waals surface area contributed by atoms with E-state index in [9.17, 15) is 19.5 Å². The van der Waals surface area contributed by atoms with E-state index >= 15 is 0 Å². The number of ether oxygens (including phenoxy) is 1. The number of urea groups is 1. The SMILES string of the molecule is CCOc1cc(/C=C2/NC(=O)N(CC(=O)Nc3ccccc3CC)C2=O)cc(Br)c1O. The lowest BCUT2D eigenvalue weighted by Crippen LogP contribution is -2.38. The summed E-state index contributed by atoms with van der Waals surface area (Å²) in [6.45, 7) is 3.68. The van der Waals surface area contributed by atoms with Crippen molar-refractivity contribution in [2.45, 2.75) is 20.3 Å². The van der Waals surface area contributed by atoms with Crippen LogP contribution in [0.3, 0.4) is 0 Å². The summed E-state index contributed by atoms with van der Waals surface area (Å²) in [6.07, 6.45) is 2.19. The van der Waals surface area contributed by atoms with Gasteiger partial charge in [-0.15, -0.1) is 0 Å². The minimum atomic E-state index is -0.682. The number of anilines is 1. The molecule has 3 rings (SSSR count). The van der Waals surface area contributed by atoms with Crippen molar-refractivity contribution >= 4 is 45.5 Å². The van der Waals surface area contributed by atoms with Crippen molar-refractivity contribution in [3.63, 3.8) is 0 Å². The van der Waals surface area contributed by atoms with Crippen molar-refractivity contribution < 1.29 is 24.2 Å². The second kappa shape index (κ2) is 9.65. The highest BCUT2D eigenvalue weighted by atomic mass is 79.9. The molecule has 31 heavy (non-hydrogen) atoms. The van der Waals surface area contributed by atoms with Gasteiger partial charge in [0, 0.05) is 5.69 Å². The number of hydrogen-bond acceptors (Lipinski definition) is 5. The van der Waals surface area contributed by atoms with E-state index in [-0.39, 0.29) is 17.2 Å². The molecule has 2 aromatic rings. The predicted molar refractivity (Wildman–Crippen MR) is 120 cm³/mol. The summed E-state index contributed by atoms with van der Waals surface area (Å²) in [4.78, 5) is 38.3. The van der Waals surface area contributed by atoms with Gasteiger partial charge in [-0.1, -0.05) is 25.1 Å². The number of carbonyl (C=O) groups excluding carboxylic acids is 3. The summed E-state index contributed by atoms with van der Waals surface area (Å²) in [7, 11) is 0. The zero-order valence-electron chi connectivity index (χ0n) is 17.1. The summed E-state index contributed by atoms with van der Waals surface area (Å²) in [6, 6.07) is 9.80. The smallest absolute Gasteiger partial charge is 0.329 e. The molecule has 0 unspecified atom stereocenters. The van der Waals surface area contributed by atoms with E-state index in [0.717, 1.165) is 16.9 Å². The second-order valence-corrected chi connectivity index (χ2v) is 7.58. The quantitative estimate of drug-likeness (QED) is 0.408. The number of nitrogens with zero attached hydrogens (tertiary/aromatic N) is 1. The van der Waals surface area contributed by atoms with Crippen molar-refractivity contribution in [2.24, 2.45) is 0 Å². The highest BCUT2D eigenvalue weighted by Gasteiger charge is 2.35. The van der Waals surface area contributed by atoms with Crippen LogP contribution in [0.4, 0.5) is 10.5 Å². The summed E-state index contributed by atoms with van der Waals surface area (Å²) in [5.41, 5.74) is 2.15. The lowest BCUT2D eigenvalue weighted by molar-refractivity contribution is -0.127. The van der Waals surface area contributed by atoms with Crippen molar-refractivity contribution in [3.05, 3.63) is 57.7 Å². The maximum Gasteiger partial charge on any atom is 0.329 e. The number of phenols is 1. The van der Waals surface area contributed by atoms with Crippen LogP contribution < -0.4 is 15.4 Å². The fourth-order valence-corrected chi connectivity index (χ4v) is 3.57. The third-order valence-electron chi connectivity index (χ3n) is 4.60. The number of amides is 4. The molecule has 0 spiro atoms. The van der Waals surface area contributed by atoms with Gasteiger partial charge in [-0.2, -0.15) is 0 Å². The normalized spacial score (nSPS) is 14.7. The molecule has 0 radical (unpaired) electrons. The minimum absolute atomic E-state index is 0.0202. The molecule has 0 saturated carbocycles. The summed E-state index contributed by atoms with van der Waals surface area (Å²) in [5, 5.41) is 15.3. The number of aryl methyl sites for hydroxylation is 1. The number of benzene rings is 2. The molecule has 4 amide bonds. The Morgan fingerprint density at radius 3 is 2.71 bits per heavy atom. The van der Waals surface area contributed by atoms with Gasteiger partial charge in [-0.25, -0.2) is 9.69 Å². The molecule has 0 atom stereocenters. The molecule has 0 aromatic heterocycles. The van der Waals surface area contributed by atoms with Gasteiger partial charge in [0.1, 0.15) is 12.2 Å². The fourth-order valence-electron chi connectivity index (χ4n) is 3.11. The first kappa shape index (κ1) is 22.4. The molecule has 1 fully saturated rings. The molecule has 0 aliphatic carbocycles. The third-order valence-corrected chi connectivity index (χ3v) is 5.20. The van der Waals surface area contributed by atoms with Crippen LogP contribution >= 0.6 is 15.9 Å². The zero-order valence-corrected chi connectivity index (χ0v) is 18.7. The Kier molecular flexibility index (Phi) is 6.96. The lowest BCUT2D eigenvalue weighted by Gasteiger charge is -2.13.